The number of likely N-dealkylation sites (tertiary alicyclic amines) is 1. The quantitative estimate of drug-likeness (QED) is 0.732. The molecule has 0 aromatic carbocycles. The third kappa shape index (κ3) is 4.11. The summed E-state index contributed by atoms with van der Waals surface area (Å²) in [6, 6.07) is 0.154. The minimum Gasteiger partial charge on any atom is -0.466 e. The second-order valence-electron chi connectivity index (χ2n) is 7.18. The van der Waals surface area contributed by atoms with Crippen molar-refractivity contribution in [1.29, 1.82) is 0 Å². The van der Waals surface area contributed by atoms with Crippen LogP contribution in [0.25, 0.3) is 0 Å². The second-order valence-corrected chi connectivity index (χ2v) is 7.18. The van der Waals surface area contributed by atoms with Crippen LogP contribution in [0.3, 0.4) is 0 Å². The van der Waals surface area contributed by atoms with Crippen molar-refractivity contribution in [2.45, 2.75) is 45.6 Å². The van der Waals surface area contributed by atoms with Gasteiger partial charge in [-0.1, -0.05) is 25.2 Å². The smallest absolute Gasteiger partial charge is 0.160 e. The Labute approximate surface area is 145 Å². The summed E-state index contributed by atoms with van der Waals surface area (Å²) in [6.07, 6.45) is 16.1. The fourth-order valence-corrected chi connectivity index (χ4v) is 3.89. The number of allylic oxidation sites excluding steroid dienone is 3. The van der Waals surface area contributed by atoms with Crippen molar-refractivity contribution in [2.24, 2.45) is 5.41 Å². The predicted molar refractivity (Wildman–Crippen MR) is 95.0 cm³/mol. The molecule has 1 aliphatic carbocycles. The van der Waals surface area contributed by atoms with Crippen LogP contribution in [0.5, 0.6) is 0 Å². The Balaban J connectivity index is 1.80. The Morgan fingerprint density at radius 3 is 3.00 bits per heavy atom. The van der Waals surface area contributed by atoms with E-state index < -0.39 is 0 Å². The molecule has 1 fully saturated rings. The van der Waals surface area contributed by atoms with E-state index >= 15 is 0 Å². The van der Waals surface area contributed by atoms with Crippen LogP contribution in [0, 0.1) is 5.41 Å². The van der Waals surface area contributed by atoms with Crippen molar-refractivity contribution in [2.75, 3.05) is 26.3 Å². The highest BCUT2D eigenvalue weighted by Crippen LogP contribution is 2.36. The Morgan fingerprint density at radius 1 is 1.38 bits per heavy atom. The van der Waals surface area contributed by atoms with Crippen LogP contribution in [0.1, 0.15) is 39.5 Å². The topological polar surface area (TPSA) is 30.9 Å². The maximum absolute atomic E-state index is 5.81. The van der Waals surface area contributed by atoms with Gasteiger partial charge in [0, 0.05) is 18.6 Å². The molecule has 0 radical (unpaired) electrons. The van der Waals surface area contributed by atoms with E-state index in [0.29, 0.717) is 0 Å². The highest BCUT2D eigenvalue weighted by atomic mass is 16.5. The van der Waals surface area contributed by atoms with Crippen LogP contribution in [0.4, 0.5) is 0 Å². The number of rotatable bonds is 6. The minimum absolute atomic E-state index is 0.154. The van der Waals surface area contributed by atoms with E-state index in [9.17, 15) is 0 Å². The van der Waals surface area contributed by atoms with Gasteiger partial charge in [-0.15, -0.1) is 0 Å². The molecule has 2 unspecified atom stereocenters. The first kappa shape index (κ1) is 17.3. The summed E-state index contributed by atoms with van der Waals surface area (Å²) in [7, 11) is 0. The Kier molecular flexibility index (Phi) is 5.80. The Hall–Kier alpha value is -1.52. The molecule has 0 bridgehead atoms. The molecule has 0 N–H and O–H groups in total. The maximum Gasteiger partial charge on any atom is 0.160 e. The molecule has 132 valence electrons. The monoisotopic (exact) mass is 331 g/mol. The Morgan fingerprint density at radius 2 is 2.29 bits per heavy atom. The average molecular weight is 331 g/mol. The van der Waals surface area contributed by atoms with Crippen molar-refractivity contribution >= 4 is 0 Å². The number of ether oxygens (including phenoxy) is 3. The van der Waals surface area contributed by atoms with Crippen LogP contribution < -0.4 is 0 Å². The predicted octanol–water partition coefficient (Wildman–Crippen LogP) is 4.13. The SMILES string of the molecule is CCOCC1(C)CCCN(C(C2=CC=CCC2)C2=COC=CO2)C1. The zero-order chi connectivity index (χ0) is 16.8. The molecule has 2 heterocycles. The first-order valence-corrected chi connectivity index (χ1v) is 9.06. The van der Waals surface area contributed by atoms with Crippen molar-refractivity contribution in [3.05, 3.63) is 48.3 Å². The molecule has 3 rings (SSSR count). The van der Waals surface area contributed by atoms with E-state index in [1.165, 1.54) is 18.4 Å². The molecule has 2 atom stereocenters. The van der Waals surface area contributed by atoms with Crippen molar-refractivity contribution in [1.82, 2.24) is 4.90 Å². The number of hydrogen-bond acceptors (Lipinski definition) is 4. The van der Waals surface area contributed by atoms with Crippen LogP contribution in [-0.2, 0) is 14.2 Å². The zero-order valence-corrected chi connectivity index (χ0v) is 14.9. The molecule has 0 amide bonds. The van der Waals surface area contributed by atoms with Gasteiger partial charge in [0.05, 0.1) is 12.6 Å². The van der Waals surface area contributed by atoms with E-state index in [2.05, 4.69) is 37.0 Å². The van der Waals surface area contributed by atoms with Crippen molar-refractivity contribution in [3.63, 3.8) is 0 Å². The third-order valence-corrected chi connectivity index (χ3v) is 5.02. The molecule has 0 aromatic heterocycles. The van der Waals surface area contributed by atoms with Crippen molar-refractivity contribution < 1.29 is 14.2 Å². The van der Waals surface area contributed by atoms with E-state index in [1.807, 2.05) is 0 Å². The van der Waals surface area contributed by atoms with Gasteiger partial charge in [0.25, 0.3) is 0 Å². The summed E-state index contributed by atoms with van der Waals surface area (Å²) in [5.74, 6) is 0.889. The van der Waals surface area contributed by atoms with Crippen LogP contribution in [-0.4, -0.2) is 37.2 Å². The highest BCUT2D eigenvalue weighted by molar-refractivity contribution is 5.30. The van der Waals surface area contributed by atoms with E-state index in [4.69, 9.17) is 14.2 Å². The summed E-state index contributed by atoms with van der Waals surface area (Å²) in [5.41, 5.74) is 1.60. The first-order valence-electron chi connectivity index (χ1n) is 9.06. The summed E-state index contributed by atoms with van der Waals surface area (Å²) < 4.78 is 17.0. The average Bonchev–Trinajstić information content (AvgIpc) is 2.62. The zero-order valence-electron chi connectivity index (χ0n) is 14.9. The summed E-state index contributed by atoms with van der Waals surface area (Å²) >= 11 is 0. The van der Waals surface area contributed by atoms with Gasteiger partial charge in [0.1, 0.15) is 18.8 Å². The summed E-state index contributed by atoms with van der Waals surface area (Å²) in [4.78, 5) is 2.54. The Bertz CT molecular complexity index is 549. The summed E-state index contributed by atoms with van der Waals surface area (Å²) in [6.45, 7) is 8.11. The van der Waals surface area contributed by atoms with Gasteiger partial charge >= 0.3 is 0 Å². The van der Waals surface area contributed by atoms with Gasteiger partial charge in [0.2, 0.25) is 0 Å². The molecular weight excluding hydrogens is 302 g/mol. The first-order chi connectivity index (χ1) is 11.7. The van der Waals surface area contributed by atoms with E-state index in [-0.39, 0.29) is 11.5 Å². The molecule has 1 saturated heterocycles. The number of nitrogens with zero attached hydrogens (tertiary/aromatic N) is 1. The van der Waals surface area contributed by atoms with Crippen LogP contribution >= 0.6 is 0 Å². The highest BCUT2D eigenvalue weighted by Gasteiger charge is 2.37. The normalized spacial score (nSPS) is 28.6. The molecule has 3 aliphatic rings. The largest absolute Gasteiger partial charge is 0.466 e. The molecule has 0 spiro atoms. The maximum atomic E-state index is 5.81. The molecule has 4 nitrogen and oxygen atoms in total. The molecular formula is C20H29NO3. The molecule has 24 heavy (non-hydrogen) atoms. The lowest BCUT2D eigenvalue weighted by Gasteiger charge is -2.44. The second kappa shape index (κ2) is 8.04. The minimum atomic E-state index is 0.154. The van der Waals surface area contributed by atoms with Gasteiger partial charge < -0.3 is 14.2 Å². The lowest BCUT2D eigenvalue weighted by Crippen LogP contribution is -2.50. The van der Waals surface area contributed by atoms with Gasteiger partial charge in [-0.05, 0) is 44.7 Å². The lowest BCUT2D eigenvalue weighted by atomic mass is 9.81. The molecule has 4 heteroatoms. The third-order valence-electron chi connectivity index (χ3n) is 5.02. The van der Waals surface area contributed by atoms with Crippen molar-refractivity contribution in [3.8, 4) is 0 Å². The van der Waals surface area contributed by atoms with Gasteiger partial charge in [-0.3, -0.25) is 4.90 Å². The molecule has 0 saturated carbocycles. The lowest BCUT2D eigenvalue weighted by molar-refractivity contribution is -0.00329. The standard InChI is InChI=1S/C20H29NO3/c1-3-22-16-20(2)10-7-11-21(15-20)19(17-8-5-4-6-9-17)18-14-23-12-13-24-18/h4-5,8,12-14,19H,3,6-7,9-11,15-16H2,1-2H3. The number of piperidine rings is 1. The molecule has 2 aliphatic heterocycles. The fraction of sp³-hybridized carbons (Fsp3) is 0.600. The summed E-state index contributed by atoms with van der Waals surface area (Å²) in [5, 5.41) is 0. The molecule has 0 aromatic rings. The fourth-order valence-electron chi connectivity index (χ4n) is 3.89. The van der Waals surface area contributed by atoms with E-state index in [0.717, 1.165) is 44.9 Å². The van der Waals surface area contributed by atoms with Gasteiger partial charge in [-0.2, -0.15) is 0 Å². The van der Waals surface area contributed by atoms with Gasteiger partial charge in [0.15, 0.2) is 5.76 Å². The van der Waals surface area contributed by atoms with Crippen LogP contribution in [0.2, 0.25) is 0 Å². The van der Waals surface area contributed by atoms with Gasteiger partial charge in [-0.25, -0.2) is 0 Å². The van der Waals surface area contributed by atoms with Crippen LogP contribution in [0.15, 0.2) is 48.3 Å². The van der Waals surface area contributed by atoms with E-state index in [1.54, 1.807) is 18.8 Å². The number of hydrogen-bond donors (Lipinski definition) is 0.